The van der Waals surface area contributed by atoms with Gasteiger partial charge in [-0.25, -0.2) is 4.79 Å². The predicted octanol–water partition coefficient (Wildman–Crippen LogP) is 4.42. The van der Waals surface area contributed by atoms with Crippen LogP contribution in [0.15, 0.2) is 53.1 Å². The van der Waals surface area contributed by atoms with Crippen LogP contribution < -0.4 is 10.1 Å². The van der Waals surface area contributed by atoms with Crippen LogP contribution in [0.3, 0.4) is 0 Å². The molecule has 2 aromatic carbocycles. The molecule has 0 saturated carbocycles. The van der Waals surface area contributed by atoms with Crippen LogP contribution >= 0.6 is 0 Å². The maximum Gasteiger partial charge on any atom is 0.322 e. The van der Waals surface area contributed by atoms with Crippen LogP contribution in [-0.4, -0.2) is 34.7 Å². The number of ether oxygens (including phenoxy) is 1. The summed E-state index contributed by atoms with van der Waals surface area (Å²) in [5.74, 6) is 1.61. The van der Waals surface area contributed by atoms with E-state index < -0.39 is 0 Å². The zero-order valence-electron chi connectivity index (χ0n) is 15.9. The Labute approximate surface area is 163 Å². The van der Waals surface area contributed by atoms with Gasteiger partial charge in [0.25, 0.3) is 0 Å². The summed E-state index contributed by atoms with van der Waals surface area (Å²) in [5, 5.41) is 7.02. The number of nitrogens with zero attached hydrogens (tertiary/aromatic N) is 3. The number of carbonyl (C=O) groups excluding carboxylic acids is 1. The van der Waals surface area contributed by atoms with Gasteiger partial charge in [-0.3, -0.25) is 0 Å². The first-order valence-electron chi connectivity index (χ1n) is 9.27. The van der Waals surface area contributed by atoms with E-state index in [4.69, 9.17) is 9.26 Å². The fourth-order valence-electron chi connectivity index (χ4n) is 3.39. The van der Waals surface area contributed by atoms with Crippen molar-refractivity contribution >= 4 is 11.7 Å². The van der Waals surface area contributed by atoms with E-state index >= 15 is 0 Å². The molecule has 1 unspecified atom stereocenters. The van der Waals surface area contributed by atoms with Gasteiger partial charge in [-0.1, -0.05) is 47.1 Å². The minimum Gasteiger partial charge on any atom is -0.495 e. The van der Waals surface area contributed by atoms with Crippen molar-refractivity contribution in [3.05, 3.63) is 60.0 Å². The highest BCUT2D eigenvalue weighted by molar-refractivity contribution is 5.91. The average molecular weight is 378 g/mol. The Bertz CT molecular complexity index is 968. The van der Waals surface area contributed by atoms with Crippen molar-refractivity contribution < 1.29 is 14.1 Å². The molecule has 7 heteroatoms. The Morgan fingerprint density at radius 3 is 2.79 bits per heavy atom. The summed E-state index contributed by atoms with van der Waals surface area (Å²) < 4.78 is 10.8. The summed E-state index contributed by atoms with van der Waals surface area (Å²) >= 11 is 0. The highest BCUT2D eigenvalue weighted by atomic mass is 16.5. The van der Waals surface area contributed by atoms with Gasteiger partial charge in [-0.05, 0) is 31.9 Å². The van der Waals surface area contributed by atoms with E-state index in [9.17, 15) is 4.79 Å². The third-order valence-electron chi connectivity index (χ3n) is 4.90. The van der Waals surface area contributed by atoms with Gasteiger partial charge in [0, 0.05) is 12.1 Å². The lowest BCUT2D eigenvalue weighted by atomic mass is 10.1. The number of amides is 2. The standard InChI is InChI=1S/C21H22N4O3/c1-14-9-11-15(12-10-14)19-23-20(28-24-19)17-7-5-13-25(17)21(26)22-16-6-3-4-8-18(16)27-2/h3-4,6,8-12,17H,5,7,13H2,1-2H3,(H,22,26). The number of methoxy groups -OCH3 is 1. The maximum atomic E-state index is 12.9. The van der Waals surface area contributed by atoms with E-state index in [1.165, 1.54) is 5.56 Å². The van der Waals surface area contributed by atoms with Crippen molar-refractivity contribution in [2.24, 2.45) is 0 Å². The molecule has 7 nitrogen and oxygen atoms in total. The van der Waals surface area contributed by atoms with Gasteiger partial charge in [-0.15, -0.1) is 0 Å². The topological polar surface area (TPSA) is 80.5 Å². The molecule has 1 aliphatic heterocycles. The first-order chi connectivity index (χ1) is 13.7. The van der Waals surface area contributed by atoms with Gasteiger partial charge in [0.2, 0.25) is 11.7 Å². The second kappa shape index (κ2) is 7.72. The molecule has 3 aromatic rings. The van der Waals surface area contributed by atoms with Gasteiger partial charge >= 0.3 is 6.03 Å². The third kappa shape index (κ3) is 3.55. The largest absolute Gasteiger partial charge is 0.495 e. The van der Waals surface area contributed by atoms with Gasteiger partial charge < -0.3 is 19.5 Å². The van der Waals surface area contributed by atoms with Crippen molar-refractivity contribution in [1.82, 2.24) is 15.0 Å². The van der Waals surface area contributed by atoms with Crippen LogP contribution in [0.2, 0.25) is 0 Å². The lowest BCUT2D eigenvalue weighted by Gasteiger charge is -2.22. The molecule has 1 N–H and O–H groups in total. The summed E-state index contributed by atoms with van der Waals surface area (Å²) in [6.07, 6.45) is 1.67. The summed E-state index contributed by atoms with van der Waals surface area (Å²) in [6, 6.07) is 14.8. The monoisotopic (exact) mass is 378 g/mol. The number of carbonyl (C=O) groups is 1. The second-order valence-electron chi connectivity index (χ2n) is 6.80. The van der Waals surface area contributed by atoms with Crippen LogP contribution in [0, 0.1) is 6.92 Å². The van der Waals surface area contributed by atoms with Crippen LogP contribution in [0.5, 0.6) is 5.75 Å². The number of aryl methyl sites for hydroxylation is 1. The first kappa shape index (κ1) is 18.0. The first-order valence-corrected chi connectivity index (χ1v) is 9.27. The number of aromatic nitrogens is 2. The number of urea groups is 1. The Morgan fingerprint density at radius 2 is 2.00 bits per heavy atom. The van der Waals surface area contributed by atoms with Crippen LogP contribution in [0.25, 0.3) is 11.4 Å². The molecule has 1 fully saturated rings. The highest BCUT2D eigenvalue weighted by Gasteiger charge is 2.34. The molecule has 1 saturated heterocycles. The number of likely N-dealkylation sites (tertiary alicyclic amines) is 1. The molecule has 0 spiro atoms. The van der Waals surface area contributed by atoms with Crippen molar-refractivity contribution in [3.63, 3.8) is 0 Å². The molecule has 2 amide bonds. The van der Waals surface area contributed by atoms with E-state index in [-0.39, 0.29) is 12.1 Å². The number of hydrogen-bond donors (Lipinski definition) is 1. The maximum absolute atomic E-state index is 12.9. The second-order valence-corrected chi connectivity index (χ2v) is 6.80. The van der Waals surface area contributed by atoms with E-state index in [1.807, 2.05) is 55.5 Å². The van der Waals surface area contributed by atoms with Crippen molar-refractivity contribution in [1.29, 1.82) is 0 Å². The highest BCUT2D eigenvalue weighted by Crippen LogP contribution is 2.33. The van der Waals surface area contributed by atoms with Crippen molar-refractivity contribution in [2.45, 2.75) is 25.8 Å². The molecule has 144 valence electrons. The molecule has 28 heavy (non-hydrogen) atoms. The van der Waals surface area contributed by atoms with E-state index in [1.54, 1.807) is 12.0 Å². The molecular weight excluding hydrogens is 356 g/mol. The third-order valence-corrected chi connectivity index (χ3v) is 4.90. The summed E-state index contributed by atoms with van der Waals surface area (Å²) in [5.41, 5.74) is 2.69. The van der Waals surface area contributed by atoms with Gasteiger partial charge in [0.1, 0.15) is 11.8 Å². The predicted molar refractivity (Wildman–Crippen MR) is 105 cm³/mol. The minimum atomic E-state index is -0.235. The fourth-order valence-corrected chi connectivity index (χ4v) is 3.39. The Morgan fingerprint density at radius 1 is 1.21 bits per heavy atom. The van der Waals surface area contributed by atoms with Gasteiger partial charge in [0.05, 0.1) is 12.8 Å². The van der Waals surface area contributed by atoms with E-state index in [0.29, 0.717) is 29.7 Å². The van der Waals surface area contributed by atoms with Crippen LogP contribution in [0.4, 0.5) is 10.5 Å². The molecule has 2 heterocycles. The number of rotatable bonds is 4. The van der Waals surface area contributed by atoms with Crippen molar-refractivity contribution in [2.75, 3.05) is 19.0 Å². The lowest BCUT2D eigenvalue weighted by molar-refractivity contribution is 0.193. The molecule has 1 aliphatic rings. The molecule has 1 atom stereocenters. The number of para-hydroxylation sites is 2. The zero-order chi connectivity index (χ0) is 19.5. The SMILES string of the molecule is COc1ccccc1NC(=O)N1CCCC1c1nc(-c2ccc(C)cc2)no1. The molecule has 0 radical (unpaired) electrons. The van der Waals surface area contributed by atoms with Gasteiger partial charge in [-0.2, -0.15) is 4.98 Å². The Kier molecular flexibility index (Phi) is 4.97. The normalized spacial score (nSPS) is 16.2. The molecular formula is C21H22N4O3. The summed E-state index contributed by atoms with van der Waals surface area (Å²) in [6.45, 7) is 2.66. The van der Waals surface area contributed by atoms with Crippen LogP contribution in [-0.2, 0) is 0 Å². The minimum absolute atomic E-state index is 0.206. The van der Waals surface area contributed by atoms with Crippen LogP contribution in [0.1, 0.15) is 30.3 Å². The van der Waals surface area contributed by atoms with Gasteiger partial charge in [0.15, 0.2) is 0 Å². The molecule has 0 bridgehead atoms. The quantitative estimate of drug-likeness (QED) is 0.727. The summed E-state index contributed by atoms with van der Waals surface area (Å²) in [7, 11) is 1.58. The van der Waals surface area contributed by atoms with Crippen molar-refractivity contribution in [3.8, 4) is 17.1 Å². The fraction of sp³-hybridized carbons (Fsp3) is 0.286. The number of anilines is 1. The summed E-state index contributed by atoms with van der Waals surface area (Å²) in [4.78, 5) is 19.1. The zero-order valence-corrected chi connectivity index (χ0v) is 15.9. The molecule has 4 rings (SSSR count). The Balaban J connectivity index is 1.52. The number of benzene rings is 2. The number of hydrogen-bond acceptors (Lipinski definition) is 5. The Hall–Kier alpha value is -3.35. The van der Waals surface area contributed by atoms with E-state index in [0.717, 1.165) is 18.4 Å². The lowest BCUT2D eigenvalue weighted by Crippen LogP contribution is -2.34. The van der Waals surface area contributed by atoms with E-state index in [2.05, 4.69) is 15.5 Å². The smallest absolute Gasteiger partial charge is 0.322 e. The molecule has 0 aliphatic carbocycles. The number of nitrogens with one attached hydrogen (secondary N) is 1. The molecule has 1 aromatic heterocycles. The average Bonchev–Trinajstić information content (AvgIpc) is 3.38.